The van der Waals surface area contributed by atoms with E-state index in [1.54, 1.807) is 24.3 Å². The standard InChI is InChI=1S/C29H35N3O3S/c1-22-6-15-28(18-23(22)2)32(36(3,34)35)21-26-11-13-27(14-12-26)29(33)30-19-24-7-9-25(10-8-24)20-31-16-4-5-17-31/h6-15,18H,4-5,16-17,19-21H2,1-3H3,(H,30,33). The molecule has 0 aromatic heterocycles. The summed E-state index contributed by atoms with van der Waals surface area (Å²) in [6.45, 7) is 7.96. The van der Waals surface area contributed by atoms with E-state index in [1.807, 2.05) is 32.0 Å². The number of benzene rings is 3. The smallest absolute Gasteiger partial charge is 0.251 e. The quantitative estimate of drug-likeness (QED) is 0.454. The van der Waals surface area contributed by atoms with Crippen LogP contribution in [-0.2, 0) is 29.7 Å². The van der Waals surface area contributed by atoms with E-state index in [2.05, 4.69) is 34.5 Å². The third-order valence-electron chi connectivity index (χ3n) is 6.80. The Balaban J connectivity index is 1.35. The van der Waals surface area contributed by atoms with Crippen molar-refractivity contribution in [3.8, 4) is 0 Å². The molecule has 36 heavy (non-hydrogen) atoms. The second-order valence-electron chi connectivity index (χ2n) is 9.72. The lowest BCUT2D eigenvalue weighted by molar-refractivity contribution is 0.0951. The summed E-state index contributed by atoms with van der Waals surface area (Å²) in [5.41, 5.74) is 6.49. The number of carbonyl (C=O) groups excluding carboxylic acids is 1. The highest BCUT2D eigenvalue weighted by molar-refractivity contribution is 7.92. The number of nitrogens with one attached hydrogen (secondary N) is 1. The molecule has 1 aliphatic rings. The van der Waals surface area contributed by atoms with Gasteiger partial charge >= 0.3 is 0 Å². The molecule has 1 aliphatic heterocycles. The largest absolute Gasteiger partial charge is 0.348 e. The first-order valence-electron chi connectivity index (χ1n) is 12.4. The van der Waals surface area contributed by atoms with Gasteiger partial charge < -0.3 is 5.32 Å². The third-order valence-corrected chi connectivity index (χ3v) is 7.94. The molecule has 190 valence electrons. The molecule has 1 saturated heterocycles. The number of aryl methyl sites for hydroxylation is 2. The average molecular weight is 506 g/mol. The van der Waals surface area contributed by atoms with E-state index in [4.69, 9.17) is 0 Å². The molecule has 0 bridgehead atoms. The zero-order valence-electron chi connectivity index (χ0n) is 21.3. The van der Waals surface area contributed by atoms with Crippen LogP contribution in [0.2, 0.25) is 0 Å². The number of carbonyl (C=O) groups is 1. The topological polar surface area (TPSA) is 69.7 Å². The summed E-state index contributed by atoms with van der Waals surface area (Å²) in [5, 5.41) is 2.97. The summed E-state index contributed by atoms with van der Waals surface area (Å²) in [5.74, 6) is -0.156. The summed E-state index contributed by atoms with van der Waals surface area (Å²) in [4.78, 5) is 15.1. The van der Waals surface area contributed by atoms with Gasteiger partial charge in [-0.1, -0.05) is 42.5 Å². The van der Waals surface area contributed by atoms with Crippen molar-refractivity contribution >= 4 is 21.6 Å². The molecule has 6 nitrogen and oxygen atoms in total. The third kappa shape index (κ3) is 6.74. The van der Waals surface area contributed by atoms with Gasteiger partial charge in [-0.2, -0.15) is 0 Å². The van der Waals surface area contributed by atoms with E-state index >= 15 is 0 Å². The fourth-order valence-electron chi connectivity index (χ4n) is 4.45. The minimum atomic E-state index is -3.47. The molecule has 0 aliphatic carbocycles. The van der Waals surface area contributed by atoms with Gasteiger partial charge in [-0.05, 0) is 91.9 Å². The van der Waals surface area contributed by atoms with Crippen LogP contribution < -0.4 is 9.62 Å². The first-order chi connectivity index (χ1) is 17.2. The number of amides is 1. The fraction of sp³-hybridized carbons (Fsp3) is 0.345. The Kier molecular flexibility index (Phi) is 8.11. The average Bonchev–Trinajstić information content (AvgIpc) is 3.36. The van der Waals surface area contributed by atoms with Crippen LogP contribution in [-0.4, -0.2) is 38.6 Å². The molecule has 4 rings (SSSR count). The molecule has 3 aromatic rings. The van der Waals surface area contributed by atoms with Crippen LogP contribution in [0.25, 0.3) is 0 Å². The van der Waals surface area contributed by atoms with Gasteiger partial charge in [0, 0.05) is 18.7 Å². The number of nitrogens with zero attached hydrogens (tertiary/aromatic N) is 2. The van der Waals surface area contributed by atoms with Crippen LogP contribution in [0.4, 0.5) is 5.69 Å². The molecule has 1 amide bonds. The second-order valence-corrected chi connectivity index (χ2v) is 11.6. The van der Waals surface area contributed by atoms with Gasteiger partial charge in [0.25, 0.3) is 5.91 Å². The predicted molar refractivity (Wildman–Crippen MR) is 146 cm³/mol. The Morgan fingerprint density at radius 1 is 0.861 bits per heavy atom. The van der Waals surface area contributed by atoms with Gasteiger partial charge in [0.05, 0.1) is 18.5 Å². The molecule has 0 radical (unpaired) electrons. The molecule has 0 unspecified atom stereocenters. The molecule has 0 saturated carbocycles. The Hall–Kier alpha value is -3.16. The molecule has 1 N–H and O–H groups in total. The highest BCUT2D eigenvalue weighted by atomic mass is 32.2. The number of hydrogen-bond acceptors (Lipinski definition) is 4. The van der Waals surface area contributed by atoms with Crippen molar-refractivity contribution in [2.75, 3.05) is 23.7 Å². The van der Waals surface area contributed by atoms with E-state index in [9.17, 15) is 13.2 Å². The Morgan fingerprint density at radius 3 is 2.08 bits per heavy atom. The maximum atomic E-state index is 12.7. The van der Waals surface area contributed by atoms with Gasteiger partial charge in [-0.25, -0.2) is 8.42 Å². The number of rotatable bonds is 9. The molecule has 3 aromatic carbocycles. The van der Waals surface area contributed by atoms with E-state index in [1.165, 1.54) is 42.1 Å². The highest BCUT2D eigenvalue weighted by Crippen LogP contribution is 2.23. The zero-order chi connectivity index (χ0) is 25.7. The van der Waals surface area contributed by atoms with Crippen LogP contribution in [0.3, 0.4) is 0 Å². The number of hydrogen-bond donors (Lipinski definition) is 1. The summed E-state index contributed by atoms with van der Waals surface area (Å²) in [6, 6.07) is 21.1. The van der Waals surface area contributed by atoms with Crippen LogP contribution in [0.5, 0.6) is 0 Å². The van der Waals surface area contributed by atoms with Crippen LogP contribution in [0.15, 0.2) is 66.7 Å². The first kappa shape index (κ1) is 25.9. The molecular formula is C29H35N3O3S. The molecule has 0 spiro atoms. The Bertz CT molecular complexity index is 1300. The van der Waals surface area contributed by atoms with Crippen molar-refractivity contribution < 1.29 is 13.2 Å². The molecule has 1 fully saturated rings. The zero-order valence-corrected chi connectivity index (χ0v) is 22.1. The minimum Gasteiger partial charge on any atom is -0.348 e. The Morgan fingerprint density at radius 2 is 1.47 bits per heavy atom. The number of sulfonamides is 1. The molecule has 1 heterocycles. The van der Waals surface area contributed by atoms with Crippen molar-refractivity contribution in [3.05, 3.63) is 100 Å². The summed E-state index contributed by atoms with van der Waals surface area (Å²) < 4.78 is 26.4. The van der Waals surface area contributed by atoms with Crippen LogP contribution in [0, 0.1) is 13.8 Å². The summed E-state index contributed by atoms with van der Waals surface area (Å²) in [7, 11) is -3.47. The van der Waals surface area contributed by atoms with Gasteiger partial charge in [0.1, 0.15) is 0 Å². The molecule has 7 heteroatoms. The van der Waals surface area contributed by atoms with E-state index in [0.29, 0.717) is 17.8 Å². The predicted octanol–water partition coefficient (Wildman–Crippen LogP) is 4.80. The van der Waals surface area contributed by atoms with E-state index in [-0.39, 0.29) is 12.5 Å². The molecule has 0 atom stereocenters. The maximum Gasteiger partial charge on any atom is 0.251 e. The highest BCUT2D eigenvalue weighted by Gasteiger charge is 2.19. The van der Waals surface area contributed by atoms with Gasteiger partial charge in [-0.15, -0.1) is 0 Å². The van der Waals surface area contributed by atoms with Crippen molar-refractivity contribution in [1.82, 2.24) is 10.2 Å². The molecular weight excluding hydrogens is 470 g/mol. The van der Waals surface area contributed by atoms with E-state index in [0.717, 1.165) is 28.8 Å². The lowest BCUT2D eigenvalue weighted by atomic mass is 10.1. The van der Waals surface area contributed by atoms with E-state index < -0.39 is 10.0 Å². The maximum absolute atomic E-state index is 12.7. The Labute approximate surface area is 215 Å². The van der Waals surface area contributed by atoms with Crippen molar-refractivity contribution in [2.24, 2.45) is 0 Å². The lowest BCUT2D eigenvalue weighted by Gasteiger charge is -2.23. The van der Waals surface area contributed by atoms with Crippen molar-refractivity contribution in [2.45, 2.75) is 46.3 Å². The lowest BCUT2D eigenvalue weighted by Crippen LogP contribution is -2.29. The second kappa shape index (κ2) is 11.3. The van der Waals surface area contributed by atoms with Crippen LogP contribution in [0.1, 0.15) is 51.0 Å². The van der Waals surface area contributed by atoms with Crippen LogP contribution >= 0.6 is 0 Å². The van der Waals surface area contributed by atoms with Crippen molar-refractivity contribution in [1.29, 1.82) is 0 Å². The number of anilines is 1. The SMILES string of the molecule is Cc1ccc(N(Cc2ccc(C(=O)NCc3ccc(CN4CCCC4)cc3)cc2)S(C)(=O)=O)cc1C. The first-order valence-corrected chi connectivity index (χ1v) is 14.3. The van der Waals surface area contributed by atoms with Gasteiger partial charge in [-0.3, -0.25) is 14.0 Å². The fourth-order valence-corrected chi connectivity index (χ4v) is 5.33. The summed E-state index contributed by atoms with van der Waals surface area (Å²) in [6.07, 6.45) is 3.78. The number of likely N-dealkylation sites (tertiary alicyclic amines) is 1. The monoisotopic (exact) mass is 505 g/mol. The normalized spacial score (nSPS) is 14.1. The summed E-state index contributed by atoms with van der Waals surface area (Å²) >= 11 is 0. The van der Waals surface area contributed by atoms with Gasteiger partial charge in [0.15, 0.2) is 0 Å². The van der Waals surface area contributed by atoms with Crippen molar-refractivity contribution in [3.63, 3.8) is 0 Å². The van der Waals surface area contributed by atoms with Gasteiger partial charge in [0.2, 0.25) is 10.0 Å². The minimum absolute atomic E-state index is 0.156.